The number of amides is 1. The van der Waals surface area contributed by atoms with Crippen LogP contribution in [0.2, 0.25) is 0 Å². The number of aliphatic hydroxyl groups excluding tert-OH is 1. The number of carbonyl (C=O) groups is 1. The zero-order chi connectivity index (χ0) is 16.8. The van der Waals surface area contributed by atoms with Crippen LogP contribution in [0, 0.1) is 0 Å². The number of unbranched alkanes of at least 4 members (excludes halogenated alkanes) is 7. The number of nitrogens with one attached hydrogen (secondary N) is 1. The van der Waals surface area contributed by atoms with Crippen LogP contribution in [0.1, 0.15) is 70.3 Å². The average Bonchev–Trinajstić information content (AvgIpc) is 2.57. The van der Waals surface area contributed by atoms with E-state index >= 15 is 0 Å². The predicted octanol–water partition coefficient (Wildman–Crippen LogP) is 4.24. The molecule has 1 aromatic carbocycles. The molecule has 0 spiro atoms. The topological polar surface area (TPSA) is 49.3 Å². The van der Waals surface area contributed by atoms with Crippen LogP contribution in [0.25, 0.3) is 0 Å². The van der Waals surface area contributed by atoms with Crippen LogP contribution in [0.4, 0.5) is 0 Å². The van der Waals surface area contributed by atoms with Gasteiger partial charge in [-0.1, -0.05) is 88.6 Å². The van der Waals surface area contributed by atoms with Crippen molar-refractivity contribution in [3.8, 4) is 0 Å². The van der Waals surface area contributed by atoms with Crippen LogP contribution in [-0.4, -0.2) is 23.7 Å². The van der Waals surface area contributed by atoms with E-state index in [1.165, 1.54) is 44.9 Å². The third-order valence-electron chi connectivity index (χ3n) is 4.20. The molecular weight excluding hydrogens is 286 g/mol. The zero-order valence-electron chi connectivity index (χ0n) is 14.6. The lowest BCUT2D eigenvalue weighted by Crippen LogP contribution is -2.38. The van der Waals surface area contributed by atoms with Gasteiger partial charge in [0.05, 0.1) is 19.1 Å². The smallest absolute Gasteiger partial charge is 0.224 e. The molecule has 1 aromatic rings. The second-order valence-electron chi connectivity index (χ2n) is 6.37. The van der Waals surface area contributed by atoms with E-state index in [9.17, 15) is 9.90 Å². The van der Waals surface area contributed by atoms with Crippen molar-refractivity contribution in [3.63, 3.8) is 0 Å². The van der Waals surface area contributed by atoms with Crippen molar-refractivity contribution < 1.29 is 9.90 Å². The quantitative estimate of drug-likeness (QED) is 0.534. The minimum absolute atomic E-state index is 0.00480. The van der Waals surface area contributed by atoms with Gasteiger partial charge < -0.3 is 10.4 Å². The molecule has 0 saturated carbocycles. The summed E-state index contributed by atoms with van der Waals surface area (Å²) in [5.41, 5.74) is 1.01. The van der Waals surface area contributed by atoms with Gasteiger partial charge in [0.15, 0.2) is 0 Å². The maximum absolute atomic E-state index is 12.0. The Labute approximate surface area is 141 Å². The van der Waals surface area contributed by atoms with Crippen molar-refractivity contribution in [2.45, 2.75) is 77.2 Å². The maximum Gasteiger partial charge on any atom is 0.224 e. The molecule has 3 nitrogen and oxygen atoms in total. The Bertz CT molecular complexity index is 405. The van der Waals surface area contributed by atoms with Crippen LogP contribution in [0.15, 0.2) is 30.3 Å². The normalized spacial score (nSPS) is 12.1. The highest BCUT2D eigenvalue weighted by molar-refractivity contribution is 5.78. The fourth-order valence-electron chi connectivity index (χ4n) is 2.79. The van der Waals surface area contributed by atoms with Gasteiger partial charge in [0.1, 0.15) is 0 Å². The van der Waals surface area contributed by atoms with Gasteiger partial charge in [-0.25, -0.2) is 0 Å². The van der Waals surface area contributed by atoms with Gasteiger partial charge in [0.25, 0.3) is 0 Å². The molecule has 0 aliphatic heterocycles. The summed E-state index contributed by atoms with van der Waals surface area (Å²) in [6.07, 6.45) is 11.4. The van der Waals surface area contributed by atoms with Crippen LogP contribution < -0.4 is 5.32 Å². The van der Waals surface area contributed by atoms with Crippen LogP contribution >= 0.6 is 0 Å². The van der Waals surface area contributed by atoms with E-state index in [1.807, 2.05) is 30.3 Å². The molecule has 0 fully saturated rings. The van der Waals surface area contributed by atoms with Gasteiger partial charge >= 0.3 is 0 Å². The molecule has 23 heavy (non-hydrogen) atoms. The third kappa shape index (κ3) is 10.1. The number of hydrogen-bond donors (Lipinski definition) is 2. The van der Waals surface area contributed by atoms with Crippen molar-refractivity contribution in [1.82, 2.24) is 5.32 Å². The van der Waals surface area contributed by atoms with E-state index in [1.54, 1.807) is 0 Å². The van der Waals surface area contributed by atoms with Crippen LogP contribution in [0.3, 0.4) is 0 Å². The summed E-state index contributed by atoms with van der Waals surface area (Å²) in [6, 6.07) is 9.61. The molecule has 0 bridgehead atoms. The van der Waals surface area contributed by atoms with Crippen LogP contribution in [-0.2, 0) is 11.2 Å². The molecule has 1 atom stereocenters. The molecular formula is C20H33NO2. The lowest BCUT2D eigenvalue weighted by molar-refractivity contribution is -0.121. The zero-order valence-corrected chi connectivity index (χ0v) is 14.6. The lowest BCUT2D eigenvalue weighted by atomic mass is 10.0. The predicted molar refractivity (Wildman–Crippen MR) is 96.4 cm³/mol. The highest BCUT2D eigenvalue weighted by Gasteiger charge is 2.11. The summed E-state index contributed by atoms with van der Waals surface area (Å²) in [7, 11) is 0. The lowest BCUT2D eigenvalue weighted by Gasteiger charge is -2.16. The van der Waals surface area contributed by atoms with Gasteiger partial charge in [-0.05, 0) is 12.0 Å². The Hall–Kier alpha value is -1.35. The first-order chi connectivity index (χ1) is 11.3. The minimum atomic E-state index is -0.105. The molecule has 2 N–H and O–H groups in total. The largest absolute Gasteiger partial charge is 0.394 e. The molecule has 0 saturated heterocycles. The maximum atomic E-state index is 12.0. The van der Waals surface area contributed by atoms with E-state index in [4.69, 9.17) is 0 Å². The summed E-state index contributed by atoms with van der Waals surface area (Å²) < 4.78 is 0. The highest BCUT2D eigenvalue weighted by Crippen LogP contribution is 2.11. The summed E-state index contributed by atoms with van der Waals surface area (Å²) in [6.45, 7) is 2.26. The van der Waals surface area contributed by atoms with E-state index in [0.29, 0.717) is 6.42 Å². The second kappa shape index (κ2) is 13.1. The molecule has 0 aliphatic carbocycles. The van der Waals surface area contributed by atoms with Gasteiger partial charge in [-0.15, -0.1) is 0 Å². The third-order valence-corrected chi connectivity index (χ3v) is 4.20. The number of carbonyl (C=O) groups excluding carboxylic acids is 1. The van der Waals surface area contributed by atoms with E-state index in [-0.39, 0.29) is 18.6 Å². The van der Waals surface area contributed by atoms with Crippen molar-refractivity contribution in [2.24, 2.45) is 0 Å². The second-order valence-corrected chi connectivity index (χ2v) is 6.37. The summed E-state index contributed by atoms with van der Waals surface area (Å²) in [4.78, 5) is 12.0. The number of hydrogen-bond acceptors (Lipinski definition) is 2. The van der Waals surface area contributed by atoms with Gasteiger partial charge in [-0.3, -0.25) is 4.79 Å². The summed E-state index contributed by atoms with van der Waals surface area (Å²) in [5, 5.41) is 12.4. The molecule has 1 rings (SSSR count). The fourth-order valence-corrected chi connectivity index (χ4v) is 2.79. The van der Waals surface area contributed by atoms with Gasteiger partial charge in [-0.2, -0.15) is 0 Å². The Balaban J connectivity index is 2.10. The molecule has 1 unspecified atom stereocenters. The SMILES string of the molecule is CCCCCCCCCCC(CO)NC(=O)Cc1ccccc1. The first-order valence-corrected chi connectivity index (χ1v) is 9.20. The van der Waals surface area contributed by atoms with Crippen molar-refractivity contribution in [3.05, 3.63) is 35.9 Å². The molecule has 3 heteroatoms. The van der Waals surface area contributed by atoms with Crippen molar-refractivity contribution in [1.29, 1.82) is 0 Å². The molecule has 0 aromatic heterocycles. The minimum Gasteiger partial charge on any atom is -0.394 e. The van der Waals surface area contributed by atoms with Crippen molar-refractivity contribution in [2.75, 3.05) is 6.61 Å². The number of benzene rings is 1. The molecule has 0 radical (unpaired) electrons. The first kappa shape index (κ1) is 19.7. The Morgan fingerprint density at radius 3 is 2.22 bits per heavy atom. The summed E-state index contributed by atoms with van der Waals surface area (Å²) >= 11 is 0. The fraction of sp³-hybridized carbons (Fsp3) is 0.650. The van der Waals surface area contributed by atoms with E-state index in [2.05, 4.69) is 12.2 Å². The van der Waals surface area contributed by atoms with Crippen molar-refractivity contribution >= 4 is 5.91 Å². The van der Waals surface area contributed by atoms with E-state index < -0.39 is 0 Å². The first-order valence-electron chi connectivity index (χ1n) is 9.20. The number of rotatable bonds is 13. The molecule has 0 aliphatic rings. The highest BCUT2D eigenvalue weighted by atomic mass is 16.3. The molecule has 130 valence electrons. The monoisotopic (exact) mass is 319 g/mol. The van der Waals surface area contributed by atoms with E-state index in [0.717, 1.165) is 18.4 Å². The standard InChI is InChI=1S/C20H33NO2/c1-2-3-4-5-6-7-8-12-15-19(17-22)21-20(23)16-18-13-10-9-11-14-18/h9-11,13-14,19,22H,2-8,12,15-17H2,1H3,(H,21,23). The number of aliphatic hydroxyl groups is 1. The average molecular weight is 319 g/mol. The summed E-state index contributed by atoms with van der Waals surface area (Å²) in [5.74, 6) is -0.00480. The molecule has 1 amide bonds. The Morgan fingerprint density at radius 1 is 1.00 bits per heavy atom. The Morgan fingerprint density at radius 2 is 1.61 bits per heavy atom. The van der Waals surface area contributed by atoms with Gasteiger partial charge in [0.2, 0.25) is 5.91 Å². The van der Waals surface area contributed by atoms with Gasteiger partial charge in [0, 0.05) is 0 Å². The van der Waals surface area contributed by atoms with Crippen LogP contribution in [0.5, 0.6) is 0 Å². The Kier molecular flexibility index (Phi) is 11.2. The molecule has 0 heterocycles.